The van der Waals surface area contributed by atoms with E-state index in [-0.39, 0.29) is 0 Å². The topological polar surface area (TPSA) is 20.2 Å². The average Bonchev–Trinajstić information content (AvgIpc) is 2.82. The predicted octanol–water partition coefficient (Wildman–Crippen LogP) is 3.99. The molecule has 1 atom stereocenters. The molecule has 1 N–H and O–H groups in total. The number of hydrogen-bond acceptors (Lipinski definition) is 1. The maximum atomic E-state index is 10.9. The highest BCUT2D eigenvalue weighted by Gasteiger charge is 2.36. The van der Waals surface area contributed by atoms with Crippen molar-refractivity contribution in [3.05, 3.63) is 139 Å². The van der Waals surface area contributed by atoms with E-state index in [4.69, 9.17) is 0 Å². The molecule has 0 saturated heterocycles. The van der Waals surface area contributed by atoms with Crippen molar-refractivity contribution in [3.63, 3.8) is 0 Å². The molecule has 1 nitrogen and oxygen atoms in total. The van der Waals surface area contributed by atoms with Crippen molar-refractivity contribution in [2.75, 3.05) is 0 Å². The summed E-state index contributed by atoms with van der Waals surface area (Å²) >= 11 is 0. The van der Waals surface area contributed by atoms with Gasteiger partial charge in [0, 0.05) is 0 Å². The molecule has 0 saturated carbocycles. The molecule has 4 rings (SSSR count). The Morgan fingerprint density at radius 1 is 0.517 bits per heavy atom. The smallest absolute Gasteiger partial charge is 0.172 e. The Morgan fingerprint density at radius 2 is 0.862 bits per heavy atom. The summed E-state index contributed by atoms with van der Waals surface area (Å²) in [7, 11) is -2.46. The molecule has 142 valence electrons. The normalized spacial score (nSPS) is 12.7. The molecule has 0 spiro atoms. The zero-order valence-corrected chi connectivity index (χ0v) is 17.2. The standard InChI is InChI=1S/C27H24OSi/c28-27(23-13-5-1-6-14-23)21-22-29(24-15-7-2-8-16-24,25-17-9-3-10-18-25)26-19-11-4-12-20-26/h1-22,27-28H. The van der Waals surface area contributed by atoms with Gasteiger partial charge in [0.05, 0.1) is 6.10 Å². The highest BCUT2D eigenvalue weighted by Crippen LogP contribution is 2.16. The van der Waals surface area contributed by atoms with Crippen LogP contribution in [0.4, 0.5) is 0 Å². The van der Waals surface area contributed by atoms with Crippen LogP contribution < -0.4 is 15.6 Å². The third-order valence-electron chi connectivity index (χ3n) is 5.36. The Bertz CT molecular complexity index is 948. The van der Waals surface area contributed by atoms with Crippen LogP contribution in [0.5, 0.6) is 0 Å². The zero-order chi connectivity index (χ0) is 19.9. The van der Waals surface area contributed by atoms with Crippen molar-refractivity contribution >= 4 is 23.6 Å². The van der Waals surface area contributed by atoms with Crippen LogP contribution in [0.2, 0.25) is 0 Å². The van der Waals surface area contributed by atoms with Gasteiger partial charge in [0.15, 0.2) is 8.07 Å². The van der Waals surface area contributed by atoms with E-state index < -0.39 is 14.2 Å². The molecular formula is C27H24OSi. The number of benzene rings is 4. The molecule has 0 amide bonds. The van der Waals surface area contributed by atoms with Gasteiger partial charge in [-0.1, -0.05) is 133 Å². The SMILES string of the molecule is OC(C=C[Si](c1ccccc1)(c1ccccc1)c1ccccc1)c1ccccc1. The quantitative estimate of drug-likeness (QED) is 0.389. The monoisotopic (exact) mass is 392 g/mol. The van der Waals surface area contributed by atoms with Crippen molar-refractivity contribution in [3.8, 4) is 0 Å². The van der Waals surface area contributed by atoms with E-state index >= 15 is 0 Å². The molecule has 0 bridgehead atoms. The minimum Gasteiger partial charge on any atom is -0.384 e. The van der Waals surface area contributed by atoms with Crippen molar-refractivity contribution in [2.45, 2.75) is 6.10 Å². The molecule has 4 aromatic rings. The molecule has 0 radical (unpaired) electrons. The molecule has 29 heavy (non-hydrogen) atoms. The second-order valence-corrected chi connectivity index (χ2v) is 10.8. The highest BCUT2D eigenvalue weighted by atomic mass is 28.3. The van der Waals surface area contributed by atoms with Crippen molar-refractivity contribution in [1.82, 2.24) is 0 Å². The molecule has 0 fully saturated rings. The van der Waals surface area contributed by atoms with Crippen molar-refractivity contribution in [1.29, 1.82) is 0 Å². The van der Waals surface area contributed by atoms with E-state index in [1.165, 1.54) is 15.6 Å². The molecule has 0 aliphatic heterocycles. The van der Waals surface area contributed by atoms with E-state index in [2.05, 4.69) is 96.7 Å². The lowest BCUT2D eigenvalue weighted by Crippen LogP contribution is -2.66. The van der Waals surface area contributed by atoms with Gasteiger partial charge in [-0.2, -0.15) is 0 Å². The number of rotatable bonds is 6. The highest BCUT2D eigenvalue weighted by molar-refractivity contribution is 7.14. The first-order chi connectivity index (χ1) is 14.3. The first-order valence-electron chi connectivity index (χ1n) is 9.89. The van der Waals surface area contributed by atoms with Crippen LogP contribution in [0.25, 0.3) is 0 Å². The van der Waals surface area contributed by atoms with E-state index in [9.17, 15) is 5.11 Å². The van der Waals surface area contributed by atoms with Crippen LogP contribution in [-0.4, -0.2) is 13.2 Å². The van der Waals surface area contributed by atoms with Gasteiger partial charge < -0.3 is 5.11 Å². The fourth-order valence-corrected chi connectivity index (χ4v) is 8.09. The first kappa shape index (κ1) is 19.1. The molecule has 0 aliphatic rings. The fourth-order valence-electron chi connectivity index (χ4n) is 3.89. The summed E-state index contributed by atoms with van der Waals surface area (Å²) < 4.78 is 0. The Kier molecular flexibility index (Phi) is 5.85. The Morgan fingerprint density at radius 3 is 1.24 bits per heavy atom. The minimum atomic E-state index is -2.46. The number of hydrogen-bond donors (Lipinski definition) is 1. The van der Waals surface area contributed by atoms with Gasteiger partial charge in [-0.15, -0.1) is 0 Å². The molecule has 0 heterocycles. The number of aliphatic hydroxyl groups excluding tert-OH is 1. The van der Waals surface area contributed by atoms with Crippen LogP contribution in [0, 0.1) is 0 Å². The van der Waals surface area contributed by atoms with Gasteiger partial charge in [0.1, 0.15) is 0 Å². The molecule has 4 aromatic carbocycles. The van der Waals surface area contributed by atoms with Gasteiger partial charge >= 0.3 is 0 Å². The Hall–Kier alpha value is -3.20. The largest absolute Gasteiger partial charge is 0.384 e. The van der Waals surface area contributed by atoms with Gasteiger partial charge in [-0.05, 0) is 21.1 Å². The van der Waals surface area contributed by atoms with Gasteiger partial charge in [-0.25, -0.2) is 0 Å². The summed E-state index contributed by atoms with van der Waals surface area (Å²) in [5.74, 6) is 0. The van der Waals surface area contributed by atoms with Gasteiger partial charge in [0.2, 0.25) is 0 Å². The van der Waals surface area contributed by atoms with Crippen LogP contribution in [0.15, 0.2) is 133 Å². The van der Waals surface area contributed by atoms with Gasteiger partial charge in [0.25, 0.3) is 0 Å². The van der Waals surface area contributed by atoms with Gasteiger partial charge in [-0.3, -0.25) is 0 Å². The second kappa shape index (κ2) is 8.87. The fraction of sp³-hybridized carbons (Fsp3) is 0.0370. The minimum absolute atomic E-state index is 0.640. The summed E-state index contributed by atoms with van der Waals surface area (Å²) in [6.07, 6.45) is 1.33. The maximum Gasteiger partial charge on any atom is 0.172 e. The summed E-state index contributed by atoms with van der Waals surface area (Å²) in [5, 5.41) is 14.8. The zero-order valence-electron chi connectivity index (χ0n) is 16.2. The van der Waals surface area contributed by atoms with E-state index in [1.807, 2.05) is 36.4 Å². The summed E-state index contributed by atoms with van der Waals surface area (Å²) in [6, 6.07) is 41.9. The lowest BCUT2D eigenvalue weighted by molar-refractivity contribution is 0.229. The van der Waals surface area contributed by atoms with Crippen molar-refractivity contribution < 1.29 is 5.11 Å². The maximum absolute atomic E-state index is 10.9. The summed E-state index contributed by atoms with van der Waals surface area (Å²) in [4.78, 5) is 0. The Balaban J connectivity index is 1.92. The molecular weight excluding hydrogens is 368 g/mol. The van der Waals surface area contributed by atoms with Crippen LogP contribution in [0.1, 0.15) is 11.7 Å². The molecule has 0 aromatic heterocycles. The third-order valence-corrected chi connectivity index (χ3v) is 9.78. The molecule has 1 unspecified atom stereocenters. The van der Waals surface area contributed by atoms with Crippen molar-refractivity contribution in [2.24, 2.45) is 0 Å². The third kappa shape index (κ3) is 3.99. The van der Waals surface area contributed by atoms with Crippen LogP contribution in [0.3, 0.4) is 0 Å². The lowest BCUT2D eigenvalue weighted by Gasteiger charge is -2.31. The van der Waals surface area contributed by atoms with Crippen LogP contribution in [-0.2, 0) is 0 Å². The first-order valence-corrected chi connectivity index (χ1v) is 12.0. The number of aliphatic hydroxyl groups is 1. The Labute approximate surface area is 173 Å². The average molecular weight is 393 g/mol. The van der Waals surface area contributed by atoms with E-state index in [0.29, 0.717) is 0 Å². The van der Waals surface area contributed by atoms with Crippen LogP contribution >= 0.6 is 0 Å². The summed E-state index contributed by atoms with van der Waals surface area (Å²) in [6.45, 7) is 0. The lowest BCUT2D eigenvalue weighted by atomic mass is 10.1. The second-order valence-electron chi connectivity index (χ2n) is 7.12. The predicted molar refractivity (Wildman–Crippen MR) is 125 cm³/mol. The molecule has 0 aliphatic carbocycles. The van der Waals surface area contributed by atoms with E-state index in [0.717, 1.165) is 5.56 Å². The summed E-state index contributed by atoms with van der Waals surface area (Å²) in [5.41, 5.74) is 3.19. The van der Waals surface area contributed by atoms with E-state index in [1.54, 1.807) is 0 Å². The molecule has 2 heteroatoms.